The lowest BCUT2D eigenvalue weighted by atomic mass is 9.86. The number of nitrogens with one attached hydrogen (secondary N) is 3. The van der Waals surface area contributed by atoms with Gasteiger partial charge in [0.15, 0.2) is 5.82 Å². The van der Waals surface area contributed by atoms with Crippen molar-refractivity contribution in [2.45, 2.75) is 38.6 Å². The molecule has 0 bridgehead atoms. The van der Waals surface area contributed by atoms with E-state index in [0.29, 0.717) is 16.5 Å². The van der Waals surface area contributed by atoms with E-state index < -0.39 is 0 Å². The molecular weight excluding hydrogens is 400 g/mol. The number of amides is 1. The lowest BCUT2D eigenvalue weighted by Gasteiger charge is -2.29. The highest BCUT2D eigenvalue weighted by atomic mass is 35.5. The summed E-state index contributed by atoms with van der Waals surface area (Å²) in [7, 11) is 1.66. The minimum atomic E-state index is -0.0799. The van der Waals surface area contributed by atoms with Crippen LogP contribution < -0.4 is 15.4 Å². The lowest BCUT2D eigenvalue weighted by Crippen LogP contribution is -2.38. The van der Waals surface area contributed by atoms with E-state index in [9.17, 15) is 4.79 Å². The molecule has 30 heavy (non-hydrogen) atoms. The van der Waals surface area contributed by atoms with Gasteiger partial charge in [0.1, 0.15) is 5.75 Å². The quantitative estimate of drug-likeness (QED) is 0.522. The maximum Gasteiger partial charge on any atom is 0.253 e. The van der Waals surface area contributed by atoms with Gasteiger partial charge >= 0.3 is 0 Å². The van der Waals surface area contributed by atoms with Crippen molar-refractivity contribution >= 4 is 34.2 Å². The van der Waals surface area contributed by atoms with E-state index >= 15 is 0 Å². The Hall–Kier alpha value is -2.73. The van der Waals surface area contributed by atoms with Crippen molar-refractivity contribution in [3.63, 3.8) is 0 Å². The van der Waals surface area contributed by atoms with E-state index in [2.05, 4.69) is 20.8 Å². The average molecular weight is 427 g/mol. The number of carbonyl (C=O) groups excluding carboxylic acids is 1. The van der Waals surface area contributed by atoms with Crippen LogP contribution in [0.15, 0.2) is 36.4 Å². The number of H-pyrrole nitrogens is 1. The fourth-order valence-electron chi connectivity index (χ4n) is 4.09. The molecule has 7 heteroatoms. The smallest absolute Gasteiger partial charge is 0.253 e. The number of ether oxygens (including phenoxy) is 1. The number of aromatic amines is 1. The highest BCUT2D eigenvalue weighted by molar-refractivity contribution is 6.33. The first-order valence-corrected chi connectivity index (χ1v) is 10.7. The van der Waals surface area contributed by atoms with Gasteiger partial charge in [0.05, 0.1) is 23.2 Å². The molecule has 1 amide bonds. The Morgan fingerprint density at radius 2 is 2.00 bits per heavy atom. The molecule has 3 aromatic rings. The number of hydrogen-bond acceptors (Lipinski definition) is 4. The molecule has 1 aliphatic rings. The van der Waals surface area contributed by atoms with Crippen molar-refractivity contribution in [2.75, 3.05) is 19.0 Å². The fraction of sp³-hybridized carbons (Fsp3) is 0.391. The minimum absolute atomic E-state index is 0.0799. The Morgan fingerprint density at radius 1 is 1.20 bits per heavy atom. The number of fused-ring (bicyclic) bond motifs is 1. The van der Waals surface area contributed by atoms with Gasteiger partial charge < -0.3 is 15.4 Å². The van der Waals surface area contributed by atoms with Crippen molar-refractivity contribution in [1.29, 1.82) is 0 Å². The van der Waals surface area contributed by atoms with Gasteiger partial charge in [-0.1, -0.05) is 23.2 Å². The Morgan fingerprint density at radius 3 is 2.77 bits per heavy atom. The van der Waals surface area contributed by atoms with E-state index in [1.165, 1.54) is 0 Å². The fourth-order valence-corrected chi connectivity index (χ4v) is 4.29. The molecule has 1 heterocycles. The number of aromatic nitrogens is 2. The first-order valence-electron chi connectivity index (χ1n) is 10.4. The van der Waals surface area contributed by atoms with E-state index in [4.69, 9.17) is 16.3 Å². The first kappa shape index (κ1) is 20.5. The summed E-state index contributed by atoms with van der Waals surface area (Å²) in [6.07, 6.45) is 4.07. The molecular formula is C23H27ClN4O2. The molecule has 1 saturated carbocycles. The van der Waals surface area contributed by atoms with Crippen molar-refractivity contribution < 1.29 is 9.53 Å². The average Bonchev–Trinajstić information content (AvgIpc) is 3.17. The summed E-state index contributed by atoms with van der Waals surface area (Å²) in [4.78, 5) is 12.6. The molecule has 0 saturated heterocycles. The van der Waals surface area contributed by atoms with Crippen molar-refractivity contribution in [3.8, 4) is 5.75 Å². The molecule has 4 rings (SSSR count). The normalized spacial score (nSPS) is 18.9. The number of methoxy groups -OCH3 is 1. The molecule has 0 spiro atoms. The molecule has 0 aliphatic heterocycles. The van der Waals surface area contributed by atoms with Gasteiger partial charge in [-0.05, 0) is 62.8 Å². The van der Waals surface area contributed by atoms with Crippen LogP contribution in [0.1, 0.15) is 41.6 Å². The molecule has 0 unspecified atom stereocenters. The third-order valence-electron chi connectivity index (χ3n) is 5.88. The van der Waals surface area contributed by atoms with E-state index in [-0.39, 0.29) is 11.9 Å². The summed E-state index contributed by atoms with van der Waals surface area (Å²) in [5.41, 5.74) is 2.55. The van der Waals surface area contributed by atoms with Crippen LogP contribution in [0.4, 0.5) is 5.82 Å². The third kappa shape index (κ3) is 4.54. The van der Waals surface area contributed by atoms with Crippen LogP contribution in [0.5, 0.6) is 5.75 Å². The lowest BCUT2D eigenvalue weighted by molar-refractivity contribution is 0.0923. The summed E-state index contributed by atoms with van der Waals surface area (Å²) >= 11 is 6.20. The second kappa shape index (κ2) is 8.96. The standard InChI is InChI=1S/C23H27ClN4O2/c1-14-3-10-20(24)19(11-14)23(29)26-16-6-4-15(5-7-16)13-25-22-18-9-8-17(30-2)12-21(18)27-28-22/h3,8-12,15-16H,4-7,13H2,1-2H3,(H,26,29)(H2,25,27,28). The molecule has 6 nitrogen and oxygen atoms in total. The summed E-state index contributed by atoms with van der Waals surface area (Å²) in [6.45, 7) is 2.83. The molecule has 1 fully saturated rings. The highest BCUT2D eigenvalue weighted by Crippen LogP contribution is 2.28. The number of rotatable bonds is 6. The third-order valence-corrected chi connectivity index (χ3v) is 6.21. The van der Waals surface area contributed by atoms with E-state index in [1.807, 2.05) is 37.3 Å². The number of benzene rings is 2. The number of nitrogens with zero attached hydrogens (tertiary/aromatic N) is 1. The van der Waals surface area contributed by atoms with Gasteiger partial charge in [0.2, 0.25) is 0 Å². The van der Waals surface area contributed by atoms with Crippen LogP contribution in [0, 0.1) is 12.8 Å². The second-order valence-electron chi connectivity index (χ2n) is 8.04. The van der Waals surface area contributed by atoms with Crippen LogP contribution in [-0.2, 0) is 0 Å². The zero-order chi connectivity index (χ0) is 21.1. The van der Waals surface area contributed by atoms with Crippen molar-refractivity contribution in [3.05, 3.63) is 52.5 Å². The summed E-state index contributed by atoms with van der Waals surface area (Å²) in [5, 5.41) is 15.6. The van der Waals surface area contributed by atoms with Gasteiger partial charge in [0.25, 0.3) is 5.91 Å². The Balaban J connectivity index is 1.28. The number of aryl methyl sites for hydroxylation is 1. The molecule has 3 N–H and O–H groups in total. The number of hydrogen-bond donors (Lipinski definition) is 3. The van der Waals surface area contributed by atoms with Crippen molar-refractivity contribution in [1.82, 2.24) is 15.5 Å². The summed E-state index contributed by atoms with van der Waals surface area (Å²) in [5.74, 6) is 2.16. The zero-order valence-electron chi connectivity index (χ0n) is 17.3. The highest BCUT2D eigenvalue weighted by Gasteiger charge is 2.24. The van der Waals surface area contributed by atoms with E-state index in [0.717, 1.165) is 60.3 Å². The summed E-state index contributed by atoms with van der Waals surface area (Å²) in [6, 6.07) is 11.6. The van der Waals surface area contributed by atoms with Crippen LogP contribution in [0.2, 0.25) is 5.02 Å². The van der Waals surface area contributed by atoms with E-state index in [1.54, 1.807) is 13.2 Å². The minimum Gasteiger partial charge on any atom is -0.497 e. The largest absolute Gasteiger partial charge is 0.497 e. The van der Waals surface area contributed by atoms with Gasteiger partial charge in [0, 0.05) is 24.0 Å². The molecule has 0 atom stereocenters. The number of anilines is 1. The molecule has 2 aromatic carbocycles. The number of halogens is 1. The molecule has 1 aliphatic carbocycles. The molecule has 0 radical (unpaired) electrons. The first-order chi connectivity index (χ1) is 14.5. The van der Waals surface area contributed by atoms with Crippen LogP contribution >= 0.6 is 11.6 Å². The van der Waals surface area contributed by atoms with Gasteiger partial charge in [-0.25, -0.2) is 0 Å². The maximum atomic E-state index is 12.6. The predicted octanol–water partition coefficient (Wildman–Crippen LogP) is 4.93. The Bertz CT molecular complexity index is 1040. The monoisotopic (exact) mass is 426 g/mol. The van der Waals surface area contributed by atoms with Crippen LogP contribution in [0.25, 0.3) is 10.9 Å². The van der Waals surface area contributed by atoms with Gasteiger partial charge in [-0.3, -0.25) is 9.89 Å². The van der Waals surface area contributed by atoms with Crippen LogP contribution in [-0.4, -0.2) is 35.8 Å². The van der Waals surface area contributed by atoms with Gasteiger partial charge in [-0.15, -0.1) is 0 Å². The van der Waals surface area contributed by atoms with Crippen molar-refractivity contribution in [2.24, 2.45) is 5.92 Å². The SMILES string of the molecule is COc1ccc2c(NCC3CCC(NC(=O)c4cc(C)ccc4Cl)CC3)n[nH]c2c1. The number of carbonyl (C=O) groups is 1. The Labute approximate surface area is 181 Å². The van der Waals surface area contributed by atoms with Gasteiger partial charge in [-0.2, -0.15) is 5.10 Å². The summed E-state index contributed by atoms with van der Waals surface area (Å²) < 4.78 is 5.26. The van der Waals surface area contributed by atoms with Crippen LogP contribution in [0.3, 0.4) is 0 Å². The zero-order valence-corrected chi connectivity index (χ0v) is 18.1. The Kier molecular flexibility index (Phi) is 6.13. The maximum absolute atomic E-state index is 12.6. The topological polar surface area (TPSA) is 79.0 Å². The molecule has 158 valence electrons. The predicted molar refractivity (Wildman–Crippen MR) is 121 cm³/mol. The second-order valence-corrected chi connectivity index (χ2v) is 8.45. The molecule has 1 aromatic heterocycles.